The van der Waals surface area contributed by atoms with Crippen molar-refractivity contribution in [1.82, 2.24) is 9.55 Å². The van der Waals surface area contributed by atoms with Crippen molar-refractivity contribution in [2.75, 3.05) is 17.2 Å². The molecular weight excluding hydrogens is 464 g/mol. The van der Waals surface area contributed by atoms with Crippen LogP contribution in [0, 0.1) is 18.3 Å². The lowest BCUT2D eigenvalue weighted by atomic mass is 9.96. The minimum Gasteiger partial charge on any atom is -0.355 e. The maximum Gasteiger partial charge on any atom is 0.261 e. The van der Waals surface area contributed by atoms with Crippen LogP contribution >= 0.6 is 0 Å². The molecule has 1 aromatic heterocycles. The number of nitrogens with two attached hydrogens (primary N) is 1. The molecule has 0 fully saturated rings. The Morgan fingerprint density at radius 2 is 1.95 bits per heavy atom. The standard InChI is InChI=1S/C29H30N6O2/c1-3-20(17-31)21-6-4-7-22(14-21)28(36)34-24-9-8-19(2)27(16-24)33-23-10-11-26-25(15-23)29(37)35(18-32-26)13-5-12-30/h4,6-11,14-16,18,20,33H,3,5,12-13,30H2,1-2H3,(H,34,36). The van der Waals surface area contributed by atoms with E-state index in [2.05, 4.69) is 21.7 Å². The fourth-order valence-corrected chi connectivity index (χ4v) is 4.15. The summed E-state index contributed by atoms with van der Waals surface area (Å²) in [4.78, 5) is 30.2. The summed E-state index contributed by atoms with van der Waals surface area (Å²) in [6.07, 6.45) is 2.94. The van der Waals surface area contributed by atoms with Gasteiger partial charge in [-0.1, -0.05) is 25.1 Å². The van der Waals surface area contributed by atoms with Gasteiger partial charge in [-0.15, -0.1) is 0 Å². The lowest BCUT2D eigenvalue weighted by Gasteiger charge is -2.14. The molecule has 0 bridgehead atoms. The number of benzene rings is 3. The Kier molecular flexibility index (Phi) is 7.96. The van der Waals surface area contributed by atoms with E-state index in [1.807, 2.05) is 50.2 Å². The SMILES string of the molecule is CCC(C#N)c1cccc(C(=O)Nc2ccc(C)c(Nc3ccc4ncn(CCCN)c(=O)c4c3)c2)c1. The molecule has 8 nitrogen and oxygen atoms in total. The van der Waals surface area contributed by atoms with Gasteiger partial charge in [-0.25, -0.2) is 4.98 Å². The highest BCUT2D eigenvalue weighted by Crippen LogP contribution is 2.26. The van der Waals surface area contributed by atoms with E-state index < -0.39 is 0 Å². The quantitative estimate of drug-likeness (QED) is 0.298. The van der Waals surface area contributed by atoms with E-state index in [1.54, 1.807) is 35.2 Å². The molecule has 4 rings (SSSR count). The second-order valence-electron chi connectivity index (χ2n) is 8.94. The number of fused-ring (bicyclic) bond motifs is 1. The van der Waals surface area contributed by atoms with Crippen LogP contribution in [0.5, 0.6) is 0 Å². The van der Waals surface area contributed by atoms with Crippen molar-refractivity contribution >= 4 is 33.9 Å². The monoisotopic (exact) mass is 494 g/mol. The zero-order valence-electron chi connectivity index (χ0n) is 21.0. The summed E-state index contributed by atoms with van der Waals surface area (Å²) in [6, 6.07) is 20.5. The first-order valence-electron chi connectivity index (χ1n) is 12.3. The largest absolute Gasteiger partial charge is 0.355 e. The Morgan fingerprint density at radius 3 is 2.70 bits per heavy atom. The number of nitriles is 1. The van der Waals surface area contributed by atoms with E-state index in [1.165, 1.54) is 0 Å². The number of amides is 1. The van der Waals surface area contributed by atoms with E-state index in [0.29, 0.717) is 48.1 Å². The molecule has 3 aromatic carbocycles. The minimum absolute atomic E-state index is 0.108. The molecule has 4 N–H and O–H groups in total. The first-order chi connectivity index (χ1) is 17.9. The van der Waals surface area contributed by atoms with Crippen molar-refractivity contribution in [2.45, 2.75) is 39.2 Å². The Hall–Kier alpha value is -4.48. The number of carbonyl (C=O) groups excluding carboxylic acids is 1. The van der Waals surface area contributed by atoms with Gasteiger partial charge in [-0.3, -0.25) is 14.2 Å². The summed E-state index contributed by atoms with van der Waals surface area (Å²) < 4.78 is 1.58. The Morgan fingerprint density at radius 1 is 1.14 bits per heavy atom. The molecule has 188 valence electrons. The van der Waals surface area contributed by atoms with E-state index in [4.69, 9.17) is 5.73 Å². The van der Waals surface area contributed by atoms with Crippen LogP contribution in [0.25, 0.3) is 10.9 Å². The zero-order chi connectivity index (χ0) is 26.4. The fourth-order valence-electron chi connectivity index (χ4n) is 4.15. The molecule has 0 saturated heterocycles. The number of nitrogens with zero attached hydrogens (tertiary/aromatic N) is 3. The number of hydrogen-bond acceptors (Lipinski definition) is 6. The van der Waals surface area contributed by atoms with E-state index in [9.17, 15) is 14.9 Å². The Labute approximate surface area is 215 Å². The third kappa shape index (κ3) is 5.85. The molecule has 0 saturated carbocycles. The second-order valence-corrected chi connectivity index (χ2v) is 8.94. The van der Waals surface area contributed by atoms with Crippen molar-refractivity contribution in [1.29, 1.82) is 5.26 Å². The van der Waals surface area contributed by atoms with Gasteiger partial charge in [-0.05, 0) is 79.9 Å². The van der Waals surface area contributed by atoms with Crippen molar-refractivity contribution in [3.05, 3.63) is 94.0 Å². The normalized spacial score (nSPS) is 11.6. The van der Waals surface area contributed by atoms with Crippen LogP contribution in [0.15, 0.2) is 71.8 Å². The number of anilines is 3. The second kappa shape index (κ2) is 11.5. The Bertz CT molecular complexity index is 1540. The lowest BCUT2D eigenvalue weighted by molar-refractivity contribution is 0.102. The average Bonchev–Trinajstić information content (AvgIpc) is 2.91. The van der Waals surface area contributed by atoms with Crippen LogP contribution in [0.4, 0.5) is 17.1 Å². The number of aryl methyl sites for hydroxylation is 2. The number of hydrogen-bond donors (Lipinski definition) is 3. The summed E-state index contributed by atoms with van der Waals surface area (Å²) in [5.41, 5.74) is 10.6. The molecule has 0 aliphatic carbocycles. The summed E-state index contributed by atoms with van der Waals surface area (Å²) >= 11 is 0. The molecule has 4 aromatic rings. The van der Waals surface area contributed by atoms with E-state index in [0.717, 1.165) is 22.5 Å². The topological polar surface area (TPSA) is 126 Å². The molecule has 0 radical (unpaired) electrons. The smallest absolute Gasteiger partial charge is 0.261 e. The number of aromatic nitrogens is 2. The first-order valence-corrected chi connectivity index (χ1v) is 12.3. The van der Waals surface area contributed by atoms with Crippen LogP contribution in [0.3, 0.4) is 0 Å². The third-order valence-corrected chi connectivity index (χ3v) is 6.32. The van der Waals surface area contributed by atoms with Crippen molar-refractivity contribution in [3.63, 3.8) is 0 Å². The van der Waals surface area contributed by atoms with Crippen LogP contribution in [0.1, 0.15) is 47.2 Å². The van der Waals surface area contributed by atoms with Crippen LogP contribution < -0.4 is 21.9 Å². The molecule has 0 aliphatic rings. The Balaban J connectivity index is 1.56. The van der Waals surface area contributed by atoms with Gasteiger partial charge in [0.2, 0.25) is 0 Å². The molecular formula is C29H30N6O2. The highest BCUT2D eigenvalue weighted by molar-refractivity contribution is 6.04. The van der Waals surface area contributed by atoms with Gasteiger partial charge in [0.1, 0.15) is 0 Å². The first kappa shape index (κ1) is 25.6. The number of nitrogens with one attached hydrogen (secondary N) is 2. The summed E-state index contributed by atoms with van der Waals surface area (Å²) in [5, 5.41) is 16.2. The van der Waals surface area contributed by atoms with Crippen LogP contribution in [-0.4, -0.2) is 22.0 Å². The van der Waals surface area contributed by atoms with Crippen molar-refractivity contribution in [2.24, 2.45) is 5.73 Å². The minimum atomic E-state index is -0.251. The number of carbonyl (C=O) groups is 1. The van der Waals surface area contributed by atoms with Gasteiger partial charge < -0.3 is 16.4 Å². The molecule has 1 unspecified atom stereocenters. The van der Waals surface area contributed by atoms with Crippen LogP contribution in [0.2, 0.25) is 0 Å². The van der Waals surface area contributed by atoms with Gasteiger partial charge in [0.25, 0.3) is 11.5 Å². The third-order valence-electron chi connectivity index (χ3n) is 6.32. The maximum absolute atomic E-state index is 12.9. The lowest BCUT2D eigenvalue weighted by Crippen LogP contribution is -2.22. The van der Waals surface area contributed by atoms with Gasteiger partial charge in [0.05, 0.1) is 29.2 Å². The predicted octanol–water partition coefficient (Wildman–Crippen LogP) is 5.07. The fraction of sp³-hybridized carbons (Fsp3) is 0.241. The molecule has 0 spiro atoms. The molecule has 1 atom stereocenters. The molecule has 8 heteroatoms. The van der Waals surface area contributed by atoms with E-state index in [-0.39, 0.29) is 17.4 Å². The number of rotatable bonds is 9. The molecule has 37 heavy (non-hydrogen) atoms. The van der Waals surface area contributed by atoms with Crippen LogP contribution in [-0.2, 0) is 6.54 Å². The predicted molar refractivity (Wildman–Crippen MR) is 147 cm³/mol. The van der Waals surface area contributed by atoms with Gasteiger partial charge >= 0.3 is 0 Å². The van der Waals surface area contributed by atoms with Gasteiger partial charge in [0.15, 0.2) is 0 Å². The average molecular weight is 495 g/mol. The summed E-state index contributed by atoms with van der Waals surface area (Å²) in [7, 11) is 0. The summed E-state index contributed by atoms with van der Waals surface area (Å²) in [5.74, 6) is -0.496. The van der Waals surface area contributed by atoms with Gasteiger partial charge in [-0.2, -0.15) is 5.26 Å². The van der Waals surface area contributed by atoms with Crippen molar-refractivity contribution < 1.29 is 4.79 Å². The highest BCUT2D eigenvalue weighted by Gasteiger charge is 2.13. The molecule has 0 aliphatic heterocycles. The molecule has 1 heterocycles. The summed E-state index contributed by atoms with van der Waals surface area (Å²) in [6.45, 7) is 4.94. The zero-order valence-corrected chi connectivity index (χ0v) is 21.0. The highest BCUT2D eigenvalue weighted by atomic mass is 16.1. The van der Waals surface area contributed by atoms with Crippen molar-refractivity contribution in [3.8, 4) is 6.07 Å². The van der Waals surface area contributed by atoms with E-state index >= 15 is 0 Å². The molecule has 1 amide bonds. The maximum atomic E-state index is 12.9. The van der Waals surface area contributed by atoms with Gasteiger partial charge in [0, 0.05) is 29.2 Å².